The summed E-state index contributed by atoms with van der Waals surface area (Å²) in [7, 11) is 0. The third kappa shape index (κ3) is 1.79. The third-order valence-corrected chi connectivity index (χ3v) is 2.71. The number of rotatable bonds is 1. The van der Waals surface area contributed by atoms with Crippen molar-refractivity contribution in [1.82, 2.24) is 9.97 Å². The van der Waals surface area contributed by atoms with Crippen LogP contribution in [0.1, 0.15) is 56.6 Å². The zero-order valence-corrected chi connectivity index (χ0v) is 9.46. The third-order valence-electron chi connectivity index (χ3n) is 2.71. The maximum atomic E-state index is 4.59. The molecule has 2 heteroatoms. The van der Waals surface area contributed by atoms with E-state index in [1.807, 2.05) is 13.1 Å². The van der Waals surface area contributed by atoms with Gasteiger partial charge >= 0.3 is 0 Å². The molecule has 1 aliphatic carbocycles. The van der Waals surface area contributed by atoms with Crippen LogP contribution in [0.5, 0.6) is 0 Å². The normalized spacial score (nSPS) is 17.1. The predicted octanol–water partition coefficient (Wildman–Crippen LogP) is 2.96. The molecule has 1 aromatic heterocycles. The summed E-state index contributed by atoms with van der Waals surface area (Å²) < 4.78 is 0. The molecule has 0 saturated heterocycles. The molecule has 14 heavy (non-hydrogen) atoms. The molecule has 0 spiro atoms. The van der Waals surface area contributed by atoms with Crippen molar-refractivity contribution in [1.29, 1.82) is 0 Å². The lowest BCUT2D eigenvalue weighted by Crippen LogP contribution is -2.16. The summed E-state index contributed by atoms with van der Waals surface area (Å²) in [5.74, 6) is 1.62. The number of nitrogens with zero attached hydrogens (tertiary/aromatic N) is 2. The zero-order chi connectivity index (χ0) is 10.3. The van der Waals surface area contributed by atoms with Gasteiger partial charge in [0.15, 0.2) is 0 Å². The molecule has 0 unspecified atom stereocenters. The van der Waals surface area contributed by atoms with Gasteiger partial charge in [-0.3, -0.25) is 0 Å². The van der Waals surface area contributed by atoms with Crippen LogP contribution in [0.2, 0.25) is 0 Å². The van der Waals surface area contributed by atoms with Crippen molar-refractivity contribution < 1.29 is 0 Å². The Balaban J connectivity index is 2.47. The van der Waals surface area contributed by atoms with Crippen LogP contribution in [0, 0.1) is 6.92 Å². The minimum Gasteiger partial charge on any atom is -0.241 e. The van der Waals surface area contributed by atoms with Gasteiger partial charge in [0.05, 0.1) is 5.69 Å². The summed E-state index contributed by atoms with van der Waals surface area (Å²) in [6.07, 6.45) is 4.62. The van der Waals surface area contributed by atoms with E-state index in [-0.39, 0.29) is 5.41 Å². The van der Waals surface area contributed by atoms with Crippen molar-refractivity contribution >= 4 is 0 Å². The molecule has 0 radical (unpaired) electrons. The Morgan fingerprint density at radius 3 is 2.43 bits per heavy atom. The Morgan fingerprint density at radius 1 is 1.29 bits per heavy atom. The predicted molar refractivity (Wildman–Crippen MR) is 57.4 cm³/mol. The molecular formula is C12H18N2. The topological polar surface area (TPSA) is 25.8 Å². The van der Waals surface area contributed by atoms with E-state index in [0.29, 0.717) is 5.92 Å². The molecule has 2 nitrogen and oxygen atoms in total. The van der Waals surface area contributed by atoms with Crippen LogP contribution in [-0.2, 0) is 5.41 Å². The lowest BCUT2D eigenvalue weighted by molar-refractivity contribution is 0.572. The Bertz CT molecular complexity index is 346. The van der Waals surface area contributed by atoms with E-state index >= 15 is 0 Å². The van der Waals surface area contributed by atoms with Gasteiger partial charge in [0.25, 0.3) is 0 Å². The molecule has 0 aromatic carbocycles. The summed E-state index contributed by atoms with van der Waals surface area (Å²) in [6.45, 7) is 8.66. The van der Waals surface area contributed by atoms with Gasteiger partial charge in [-0.05, 0) is 30.7 Å². The molecule has 0 N–H and O–H groups in total. The van der Waals surface area contributed by atoms with Gasteiger partial charge in [-0.25, -0.2) is 9.97 Å². The highest BCUT2D eigenvalue weighted by Crippen LogP contribution is 2.42. The molecule has 0 atom stereocenters. The molecule has 0 bridgehead atoms. The number of hydrogen-bond donors (Lipinski definition) is 0. The standard InChI is InChI=1S/C12H18N2/c1-8-13-7-10(12(2,3)4)11(14-8)9-5-6-9/h7,9H,5-6H2,1-4H3. The van der Waals surface area contributed by atoms with Crippen molar-refractivity contribution in [3.05, 3.63) is 23.3 Å². The summed E-state index contributed by atoms with van der Waals surface area (Å²) >= 11 is 0. The maximum Gasteiger partial charge on any atom is 0.125 e. The fourth-order valence-electron chi connectivity index (χ4n) is 1.73. The van der Waals surface area contributed by atoms with E-state index in [9.17, 15) is 0 Å². The highest BCUT2D eigenvalue weighted by Gasteiger charge is 2.31. The van der Waals surface area contributed by atoms with E-state index in [2.05, 4.69) is 30.7 Å². The molecule has 1 aliphatic rings. The summed E-state index contributed by atoms with van der Waals surface area (Å²) in [5, 5.41) is 0. The lowest BCUT2D eigenvalue weighted by atomic mass is 9.86. The highest BCUT2D eigenvalue weighted by atomic mass is 14.9. The van der Waals surface area contributed by atoms with E-state index in [1.54, 1.807) is 0 Å². The van der Waals surface area contributed by atoms with Crippen molar-refractivity contribution in [3.63, 3.8) is 0 Å². The van der Waals surface area contributed by atoms with Crippen LogP contribution in [0.25, 0.3) is 0 Å². The number of hydrogen-bond acceptors (Lipinski definition) is 2. The Morgan fingerprint density at radius 2 is 1.93 bits per heavy atom. The van der Waals surface area contributed by atoms with Crippen molar-refractivity contribution in [2.24, 2.45) is 0 Å². The minimum atomic E-state index is 0.172. The number of aromatic nitrogens is 2. The van der Waals surface area contributed by atoms with Crippen LogP contribution < -0.4 is 0 Å². The van der Waals surface area contributed by atoms with Crippen LogP contribution in [-0.4, -0.2) is 9.97 Å². The first kappa shape index (κ1) is 9.63. The summed E-state index contributed by atoms with van der Waals surface area (Å²) in [4.78, 5) is 8.90. The Hall–Kier alpha value is -0.920. The first-order valence-electron chi connectivity index (χ1n) is 5.32. The maximum absolute atomic E-state index is 4.59. The first-order chi connectivity index (χ1) is 6.48. The number of aryl methyl sites for hydroxylation is 1. The fourth-order valence-corrected chi connectivity index (χ4v) is 1.73. The zero-order valence-electron chi connectivity index (χ0n) is 9.46. The minimum absolute atomic E-state index is 0.172. The molecule has 0 amide bonds. The van der Waals surface area contributed by atoms with Gasteiger partial charge < -0.3 is 0 Å². The molecule has 1 saturated carbocycles. The van der Waals surface area contributed by atoms with Crippen molar-refractivity contribution in [3.8, 4) is 0 Å². The van der Waals surface area contributed by atoms with E-state index in [1.165, 1.54) is 24.1 Å². The van der Waals surface area contributed by atoms with E-state index in [4.69, 9.17) is 0 Å². The molecular weight excluding hydrogens is 172 g/mol. The van der Waals surface area contributed by atoms with Gasteiger partial charge in [-0.15, -0.1) is 0 Å². The van der Waals surface area contributed by atoms with Gasteiger partial charge in [0, 0.05) is 12.1 Å². The lowest BCUT2D eigenvalue weighted by Gasteiger charge is -2.21. The van der Waals surface area contributed by atoms with Crippen LogP contribution in [0.15, 0.2) is 6.20 Å². The molecule has 1 fully saturated rings. The monoisotopic (exact) mass is 190 g/mol. The second-order valence-corrected chi connectivity index (χ2v) is 5.24. The second-order valence-electron chi connectivity index (χ2n) is 5.24. The van der Waals surface area contributed by atoms with Crippen molar-refractivity contribution in [2.45, 2.75) is 51.9 Å². The first-order valence-corrected chi connectivity index (χ1v) is 5.32. The summed E-state index contributed by atoms with van der Waals surface area (Å²) in [5.41, 5.74) is 2.79. The van der Waals surface area contributed by atoms with E-state index < -0.39 is 0 Å². The van der Waals surface area contributed by atoms with E-state index in [0.717, 1.165) is 5.82 Å². The quantitative estimate of drug-likeness (QED) is 0.680. The Labute approximate surface area is 85.8 Å². The average Bonchev–Trinajstić information content (AvgIpc) is 2.83. The molecule has 0 aliphatic heterocycles. The molecule has 2 rings (SSSR count). The smallest absolute Gasteiger partial charge is 0.125 e. The van der Waals surface area contributed by atoms with Gasteiger partial charge in [-0.2, -0.15) is 0 Å². The molecule has 1 heterocycles. The SMILES string of the molecule is Cc1ncc(C(C)(C)C)c(C2CC2)n1. The summed E-state index contributed by atoms with van der Waals surface area (Å²) in [6, 6.07) is 0. The average molecular weight is 190 g/mol. The van der Waals surface area contributed by atoms with Gasteiger partial charge in [0.1, 0.15) is 5.82 Å². The van der Waals surface area contributed by atoms with Crippen LogP contribution in [0.3, 0.4) is 0 Å². The van der Waals surface area contributed by atoms with Crippen LogP contribution >= 0.6 is 0 Å². The second kappa shape index (κ2) is 3.04. The largest absolute Gasteiger partial charge is 0.241 e. The van der Waals surface area contributed by atoms with Gasteiger partial charge in [-0.1, -0.05) is 20.8 Å². The Kier molecular flexibility index (Phi) is 2.09. The van der Waals surface area contributed by atoms with Crippen molar-refractivity contribution in [2.75, 3.05) is 0 Å². The molecule has 76 valence electrons. The fraction of sp³-hybridized carbons (Fsp3) is 0.667. The highest BCUT2D eigenvalue weighted by molar-refractivity contribution is 5.30. The molecule has 1 aromatic rings. The van der Waals surface area contributed by atoms with Crippen LogP contribution in [0.4, 0.5) is 0 Å². The van der Waals surface area contributed by atoms with Gasteiger partial charge in [0.2, 0.25) is 0 Å².